The fraction of sp³-hybridized carbons (Fsp3) is 0.182. The molecule has 3 aromatic rings. The van der Waals surface area contributed by atoms with E-state index in [1.807, 2.05) is 37.3 Å². The van der Waals surface area contributed by atoms with Crippen molar-refractivity contribution in [3.63, 3.8) is 0 Å². The zero-order chi connectivity index (χ0) is 19.9. The molecule has 0 unspecified atom stereocenters. The second kappa shape index (κ2) is 8.78. The lowest BCUT2D eigenvalue weighted by molar-refractivity contribution is 0.252. The molecule has 142 valence electrons. The predicted octanol–water partition coefficient (Wildman–Crippen LogP) is 3.48. The predicted molar refractivity (Wildman–Crippen MR) is 109 cm³/mol. The summed E-state index contributed by atoms with van der Waals surface area (Å²) in [5, 5.41) is 6.37. The van der Waals surface area contributed by atoms with Crippen LogP contribution in [0.25, 0.3) is 11.0 Å². The van der Waals surface area contributed by atoms with Crippen molar-refractivity contribution in [3.05, 3.63) is 70.1 Å². The first-order chi connectivity index (χ1) is 13.5. The monoisotopic (exact) mass is 376 g/mol. The first-order valence-electron chi connectivity index (χ1n) is 8.80. The molecule has 2 N–H and O–H groups in total. The molecule has 0 aliphatic carbocycles. The van der Waals surface area contributed by atoms with Gasteiger partial charge >= 0.3 is 11.7 Å². The van der Waals surface area contributed by atoms with Gasteiger partial charge in [0.05, 0.1) is 0 Å². The maximum absolute atomic E-state index is 12.1. The lowest BCUT2D eigenvalue weighted by atomic mass is 10.1. The molecule has 0 fully saturated rings. The van der Waals surface area contributed by atoms with Gasteiger partial charge in [0.2, 0.25) is 0 Å². The number of benzene rings is 2. The molecule has 0 saturated carbocycles. The molecule has 28 heavy (non-hydrogen) atoms. The van der Waals surface area contributed by atoms with Crippen LogP contribution in [0.3, 0.4) is 0 Å². The molecule has 2 amide bonds. The zero-order valence-electron chi connectivity index (χ0n) is 15.5. The van der Waals surface area contributed by atoms with Crippen LogP contribution in [0, 0.1) is 19.3 Å². The molecule has 0 aliphatic rings. The number of urea groups is 1. The van der Waals surface area contributed by atoms with Gasteiger partial charge in [0, 0.05) is 29.8 Å². The zero-order valence-corrected chi connectivity index (χ0v) is 15.5. The number of hydrogen-bond donors (Lipinski definition) is 2. The van der Waals surface area contributed by atoms with Gasteiger partial charge in [-0.2, -0.15) is 0 Å². The normalized spacial score (nSPS) is 10.3. The van der Waals surface area contributed by atoms with Gasteiger partial charge in [0.1, 0.15) is 17.9 Å². The Hall–Kier alpha value is -3.72. The highest BCUT2D eigenvalue weighted by Crippen LogP contribution is 2.20. The van der Waals surface area contributed by atoms with Crippen molar-refractivity contribution in [1.82, 2.24) is 5.32 Å². The molecule has 2 aromatic carbocycles. The quantitative estimate of drug-likeness (QED) is 0.510. The van der Waals surface area contributed by atoms with Crippen LogP contribution in [0.5, 0.6) is 5.75 Å². The van der Waals surface area contributed by atoms with Crippen molar-refractivity contribution >= 4 is 22.7 Å². The molecule has 0 atom stereocenters. The van der Waals surface area contributed by atoms with E-state index in [9.17, 15) is 9.59 Å². The van der Waals surface area contributed by atoms with Crippen molar-refractivity contribution in [2.75, 3.05) is 18.5 Å². The number of nitrogens with one attached hydrogen (secondary N) is 2. The Bertz CT molecular complexity index is 1080. The van der Waals surface area contributed by atoms with E-state index in [0.717, 1.165) is 16.5 Å². The first-order valence-corrected chi connectivity index (χ1v) is 8.80. The fourth-order valence-electron chi connectivity index (χ4n) is 2.78. The van der Waals surface area contributed by atoms with Gasteiger partial charge in [0.25, 0.3) is 0 Å². The van der Waals surface area contributed by atoms with Crippen LogP contribution >= 0.6 is 0 Å². The highest BCUT2D eigenvalue weighted by molar-refractivity contribution is 5.92. The van der Waals surface area contributed by atoms with Gasteiger partial charge < -0.3 is 19.8 Å². The van der Waals surface area contributed by atoms with Gasteiger partial charge in [-0.1, -0.05) is 18.1 Å². The molecule has 6 heteroatoms. The summed E-state index contributed by atoms with van der Waals surface area (Å²) in [5.41, 5.74) is 2.47. The minimum absolute atomic E-state index is 0.235. The number of carbonyl (C=O) groups is 1. The van der Waals surface area contributed by atoms with Crippen molar-refractivity contribution < 1.29 is 13.9 Å². The van der Waals surface area contributed by atoms with Gasteiger partial charge in [-0.05, 0) is 48.7 Å². The minimum atomic E-state index is -0.415. The highest BCUT2D eigenvalue weighted by atomic mass is 16.5. The number of ether oxygens (including phenoxy) is 1. The van der Waals surface area contributed by atoms with E-state index in [2.05, 4.69) is 16.6 Å². The van der Waals surface area contributed by atoms with Gasteiger partial charge in [0.15, 0.2) is 0 Å². The molecule has 1 heterocycles. The molecule has 1 aromatic heterocycles. The lowest BCUT2D eigenvalue weighted by Gasteiger charge is -2.09. The highest BCUT2D eigenvalue weighted by Gasteiger charge is 2.06. The number of carbonyl (C=O) groups excluding carboxylic acids is 1. The van der Waals surface area contributed by atoms with E-state index in [1.54, 1.807) is 12.1 Å². The standard InChI is InChI=1S/C22H20N2O4/c1-3-12-27-18-7-4-16(5-8-18)10-11-23-22(26)24-17-6-9-19-15(2)13-21(25)28-20(19)14-17/h1,4-9,13-14H,10-12H2,2H3,(H2,23,24,26). The molecule has 0 radical (unpaired) electrons. The van der Waals surface area contributed by atoms with Gasteiger partial charge in [-0.3, -0.25) is 0 Å². The number of amides is 2. The Kier molecular flexibility index (Phi) is 5.97. The lowest BCUT2D eigenvalue weighted by Crippen LogP contribution is -2.30. The largest absolute Gasteiger partial charge is 0.481 e. The topological polar surface area (TPSA) is 80.6 Å². The maximum Gasteiger partial charge on any atom is 0.336 e. The summed E-state index contributed by atoms with van der Waals surface area (Å²) in [6.07, 6.45) is 5.83. The van der Waals surface area contributed by atoms with Crippen molar-refractivity contribution in [3.8, 4) is 18.1 Å². The average molecular weight is 376 g/mol. The fourth-order valence-corrected chi connectivity index (χ4v) is 2.78. The number of hydrogen-bond acceptors (Lipinski definition) is 4. The van der Waals surface area contributed by atoms with E-state index in [-0.39, 0.29) is 12.6 Å². The Morgan fingerprint density at radius 1 is 1.18 bits per heavy atom. The van der Waals surface area contributed by atoms with E-state index in [4.69, 9.17) is 15.6 Å². The van der Waals surface area contributed by atoms with E-state index < -0.39 is 5.63 Å². The molecule has 6 nitrogen and oxygen atoms in total. The second-order valence-corrected chi connectivity index (χ2v) is 6.23. The number of terminal acetylenes is 1. The third kappa shape index (κ3) is 4.92. The molecular weight excluding hydrogens is 356 g/mol. The number of anilines is 1. The smallest absolute Gasteiger partial charge is 0.336 e. The number of aryl methyl sites for hydroxylation is 1. The van der Waals surface area contributed by atoms with E-state index >= 15 is 0 Å². The van der Waals surface area contributed by atoms with E-state index in [1.165, 1.54) is 6.07 Å². The average Bonchev–Trinajstić information content (AvgIpc) is 2.67. The molecule has 0 aliphatic heterocycles. The first kappa shape index (κ1) is 19.1. The summed E-state index contributed by atoms with van der Waals surface area (Å²) >= 11 is 0. The summed E-state index contributed by atoms with van der Waals surface area (Å²) in [7, 11) is 0. The summed E-state index contributed by atoms with van der Waals surface area (Å²) in [4.78, 5) is 23.6. The summed E-state index contributed by atoms with van der Waals surface area (Å²) in [6.45, 7) is 2.55. The minimum Gasteiger partial charge on any atom is -0.481 e. The van der Waals surface area contributed by atoms with Crippen LogP contribution in [-0.2, 0) is 6.42 Å². The van der Waals surface area contributed by atoms with E-state index in [0.29, 0.717) is 30.0 Å². The summed E-state index contributed by atoms with van der Waals surface area (Å²) in [6, 6.07) is 13.9. The van der Waals surface area contributed by atoms with Crippen molar-refractivity contribution in [2.45, 2.75) is 13.3 Å². The Balaban J connectivity index is 1.52. The van der Waals surface area contributed by atoms with Crippen LogP contribution in [-0.4, -0.2) is 19.2 Å². The van der Waals surface area contributed by atoms with Crippen LogP contribution in [0.1, 0.15) is 11.1 Å². The molecular formula is C22H20N2O4. The second-order valence-electron chi connectivity index (χ2n) is 6.23. The van der Waals surface area contributed by atoms with Crippen LogP contribution in [0.4, 0.5) is 10.5 Å². The summed E-state index contributed by atoms with van der Waals surface area (Å²) < 4.78 is 10.5. The van der Waals surface area contributed by atoms with Gasteiger partial charge in [-0.25, -0.2) is 9.59 Å². The molecule has 0 spiro atoms. The van der Waals surface area contributed by atoms with Gasteiger partial charge in [-0.15, -0.1) is 6.42 Å². The SMILES string of the molecule is C#CCOc1ccc(CCNC(=O)Nc2ccc3c(C)cc(=O)oc3c2)cc1. The third-order valence-corrected chi connectivity index (χ3v) is 4.15. The molecule has 3 rings (SSSR count). The molecule has 0 saturated heterocycles. The third-order valence-electron chi connectivity index (χ3n) is 4.15. The maximum atomic E-state index is 12.1. The molecule has 0 bridgehead atoms. The Morgan fingerprint density at radius 2 is 1.96 bits per heavy atom. The Morgan fingerprint density at radius 3 is 2.71 bits per heavy atom. The van der Waals surface area contributed by atoms with Crippen molar-refractivity contribution in [2.24, 2.45) is 0 Å². The number of rotatable bonds is 6. The van der Waals surface area contributed by atoms with Crippen LogP contribution in [0.2, 0.25) is 0 Å². The summed E-state index contributed by atoms with van der Waals surface area (Å²) in [5.74, 6) is 3.13. The number of fused-ring (bicyclic) bond motifs is 1. The van der Waals surface area contributed by atoms with Crippen LogP contribution in [0.15, 0.2) is 57.7 Å². The Labute approximate surface area is 162 Å². The van der Waals surface area contributed by atoms with Crippen LogP contribution < -0.4 is 21.0 Å². The van der Waals surface area contributed by atoms with Crippen molar-refractivity contribution in [1.29, 1.82) is 0 Å².